The Morgan fingerprint density at radius 1 is 1.04 bits per heavy atom. The molecule has 7 heteroatoms. The van der Waals surface area contributed by atoms with Gasteiger partial charge in [-0.25, -0.2) is 4.83 Å². The Morgan fingerprint density at radius 3 is 2.32 bits per heavy atom. The summed E-state index contributed by atoms with van der Waals surface area (Å²) in [5, 5.41) is 6.60. The average Bonchev–Trinajstić information content (AvgIpc) is 2.55. The van der Waals surface area contributed by atoms with Crippen molar-refractivity contribution in [3.05, 3.63) is 59.7 Å². The molecular formula is C18H21N3O3S. The number of hydrazone groups is 1. The van der Waals surface area contributed by atoms with Crippen molar-refractivity contribution in [3.8, 4) is 0 Å². The first-order chi connectivity index (χ1) is 11.8. The fraction of sp³-hybridized carbons (Fsp3) is 0.222. The first kappa shape index (κ1) is 18.7. The van der Waals surface area contributed by atoms with Crippen molar-refractivity contribution >= 4 is 27.3 Å². The molecule has 6 nitrogen and oxygen atoms in total. The average molecular weight is 359 g/mol. The van der Waals surface area contributed by atoms with Crippen molar-refractivity contribution < 1.29 is 13.2 Å². The third kappa shape index (κ3) is 5.42. The Balaban J connectivity index is 1.98. The van der Waals surface area contributed by atoms with Crippen LogP contribution < -0.4 is 10.1 Å². The molecule has 2 N–H and O–H groups in total. The van der Waals surface area contributed by atoms with Gasteiger partial charge in [-0.3, -0.25) is 4.79 Å². The summed E-state index contributed by atoms with van der Waals surface area (Å²) in [6.07, 6.45) is -0.00917. The van der Waals surface area contributed by atoms with Crippen LogP contribution in [0.15, 0.2) is 58.5 Å². The molecule has 0 unspecified atom stereocenters. The molecule has 0 aliphatic heterocycles. The van der Waals surface area contributed by atoms with Crippen LogP contribution in [-0.2, 0) is 14.8 Å². The van der Waals surface area contributed by atoms with Gasteiger partial charge >= 0.3 is 0 Å². The van der Waals surface area contributed by atoms with Gasteiger partial charge in [-0.05, 0) is 44.5 Å². The number of aryl methyl sites for hydroxylation is 2. The molecule has 0 fully saturated rings. The predicted octanol–water partition coefficient (Wildman–Crippen LogP) is 2.99. The Bertz CT molecular complexity index is 888. The molecule has 1 amide bonds. The Labute approximate surface area is 148 Å². The third-order valence-corrected chi connectivity index (χ3v) is 4.75. The number of hydrogen-bond donors (Lipinski definition) is 2. The predicted molar refractivity (Wildman–Crippen MR) is 99.0 cm³/mol. The lowest BCUT2D eigenvalue weighted by Crippen LogP contribution is -2.22. The van der Waals surface area contributed by atoms with Gasteiger partial charge in [-0.15, -0.1) is 0 Å². The fourth-order valence-corrected chi connectivity index (χ4v) is 2.96. The molecule has 0 saturated heterocycles. The number of carbonyl (C=O) groups excluding carboxylic acids is 1. The first-order valence-corrected chi connectivity index (χ1v) is 9.23. The zero-order chi connectivity index (χ0) is 18.4. The molecule has 0 spiro atoms. The van der Waals surface area contributed by atoms with Crippen LogP contribution in [0, 0.1) is 13.8 Å². The summed E-state index contributed by atoms with van der Waals surface area (Å²) in [5.74, 6) is -0.259. The SMILES string of the molecule is C/C(CC(=O)Nc1ccccc1C)=N/NS(=O)(=O)c1ccc(C)cc1. The quantitative estimate of drug-likeness (QED) is 0.614. The molecule has 0 saturated carbocycles. The number of carbonyl (C=O) groups is 1. The number of nitrogens with one attached hydrogen (secondary N) is 2. The molecule has 0 aliphatic carbocycles. The van der Waals surface area contributed by atoms with E-state index in [0.29, 0.717) is 5.71 Å². The Hall–Kier alpha value is -2.67. The first-order valence-electron chi connectivity index (χ1n) is 7.75. The lowest BCUT2D eigenvalue weighted by molar-refractivity contribution is -0.115. The van der Waals surface area contributed by atoms with E-state index in [1.807, 2.05) is 32.0 Å². The van der Waals surface area contributed by atoms with Gasteiger partial charge in [0.15, 0.2) is 0 Å². The number of hydrogen-bond acceptors (Lipinski definition) is 4. The van der Waals surface area contributed by atoms with E-state index in [-0.39, 0.29) is 17.2 Å². The molecular weight excluding hydrogens is 338 g/mol. The van der Waals surface area contributed by atoms with Crippen molar-refractivity contribution in [2.24, 2.45) is 5.10 Å². The van der Waals surface area contributed by atoms with Crippen LogP contribution in [0.5, 0.6) is 0 Å². The van der Waals surface area contributed by atoms with Crippen molar-refractivity contribution in [2.45, 2.75) is 32.1 Å². The van der Waals surface area contributed by atoms with Gasteiger partial charge < -0.3 is 5.32 Å². The van der Waals surface area contributed by atoms with Gasteiger partial charge in [0.1, 0.15) is 0 Å². The lowest BCUT2D eigenvalue weighted by Gasteiger charge is -2.08. The van der Waals surface area contributed by atoms with Crippen LogP contribution in [0.4, 0.5) is 5.69 Å². The molecule has 0 aromatic heterocycles. The largest absolute Gasteiger partial charge is 0.326 e. The smallest absolute Gasteiger partial charge is 0.276 e. The highest BCUT2D eigenvalue weighted by Crippen LogP contribution is 2.13. The maximum absolute atomic E-state index is 12.2. The van der Waals surface area contributed by atoms with Crippen LogP contribution in [-0.4, -0.2) is 20.0 Å². The molecule has 0 radical (unpaired) electrons. The molecule has 2 rings (SSSR count). The summed E-state index contributed by atoms with van der Waals surface area (Å²) in [7, 11) is -3.74. The standard InChI is InChI=1S/C18H21N3O3S/c1-13-8-10-16(11-9-13)25(23,24)21-20-15(3)12-18(22)19-17-7-5-4-6-14(17)2/h4-11,21H,12H2,1-3H3,(H,19,22)/b20-15-. The zero-order valence-corrected chi connectivity index (χ0v) is 15.2. The summed E-state index contributed by atoms with van der Waals surface area (Å²) in [6.45, 7) is 5.36. The number of nitrogens with zero attached hydrogens (tertiary/aromatic N) is 1. The van der Waals surface area contributed by atoms with Crippen molar-refractivity contribution in [2.75, 3.05) is 5.32 Å². The van der Waals surface area contributed by atoms with Gasteiger partial charge in [-0.2, -0.15) is 13.5 Å². The summed E-state index contributed by atoms with van der Waals surface area (Å²) in [5.41, 5.74) is 3.00. The minimum Gasteiger partial charge on any atom is -0.326 e. The minimum absolute atomic E-state index is 0.00917. The monoisotopic (exact) mass is 359 g/mol. The van der Waals surface area contributed by atoms with E-state index >= 15 is 0 Å². The summed E-state index contributed by atoms with van der Waals surface area (Å²) < 4.78 is 24.3. The fourth-order valence-electron chi connectivity index (χ4n) is 2.09. The van der Waals surface area contributed by atoms with Gasteiger partial charge in [0.25, 0.3) is 10.0 Å². The maximum Gasteiger partial charge on any atom is 0.276 e. The highest BCUT2D eigenvalue weighted by molar-refractivity contribution is 7.89. The molecule has 132 valence electrons. The van der Waals surface area contributed by atoms with Crippen LogP contribution in [0.25, 0.3) is 0 Å². The number of sulfonamides is 1. The van der Waals surface area contributed by atoms with E-state index in [1.54, 1.807) is 25.1 Å². The Kier molecular flexibility index (Phi) is 5.93. The molecule has 0 aliphatic rings. The molecule has 2 aromatic rings. The van der Waals surface area contributed by atoms with E-state index in [9.17, 15) is 13.2 Å². The van der Waals surface area contributed by atoms with E-state index in [0.717, 1.165) is 16.8 Å². The van der Waals surface area contributed by atoms with Crippen LogP contribution in [0.3, 0.4) is 0 Å². The highest BCUT2D eigenvalue weighted by Gasteiger charge is 2.13. The molecule has 2 aromatic carbocycles. The summed E-state index contributed by atoms with van der Waals surface area (Å²) in [4.78, 5) is 14.3. The maximum atomic E-state index is 12.2. The minimum atomic E-state index is -3.74. The lowest BCUT2D eigenvalue weighted by atomic mass is 10.2. The van der Waals surface area contributed by atoms with E-state index in [1.165, 1.54) is 12.1 Å². The number of anilines is 1. The van der Waals surface area contributed by atoms with Gasteiger partial charge in [0.05, 0.1) is 11.3 Å². The van der Waals surface area contributed by atoms with Crippen LogP contribution in [0.2, 0.25) is 0 Å². The normalized spacial score (nSPS) is 11.9. The van der Waals surface area contributed by atoms with Gasteiger partial charge in [0, 0.05) is 11.4 Å². The van der Waals surface area contributed by atoms with E-state index < -0.39 is 10.0 Å². The number of benzene rings is 2. The number of rotatable bonds is 6. The zero-order valence-electron chi connectivity index (χ0n) is 14.4. The summed E-state index contributed by atoms with van der Waals surface area (Å²) in [6, 6.07) is 13.9. The molecule has 0 bridgehead atoms. The topological polar surface area (TPSA) is 87.6 Å². The second kappa shape index (κ2) is 7.94. The van der Waals surface area contributed by atoms with E-state index in [4.69, 9.17) is 0 Å². The summed E-state index contributed by atoms with van der Waals surface area (Å²) >= 11 is 0. The van der Waals surface area contributed by atoms with Gasteiger partial charge in [-0.1, -0.05) is 35.9 Å². The van der Waals surface area contributed by atoms with Crippen molar-refractivity contribution in [3.63, 3.8) is 0 Å². The second-order valence-corrected chi connectivity index (χ2v) is 7.46. The Morgan fingerprint density at radius 2 is 1.68 bits per heavy atom. The second-order valence-electron chi connectivity index (χ2n) is 5.79. The molecule has 0 heterocycles. The van der Waals surface area contributed by atoms with Crippen molar-refractivity contribution in [1.29, 1.82) is 0 Å². The van der Waals surface area contributed by atoms with E-state index in [2.05, 4.69) is 15.2 Å². The third-order valence-electron chi connectivity index (χ3n) is 3.52. The number of amides is 1. The number of para-hydroxylation sites is 1. The van der Waals surface area contributed by atoms with Gasteiger partial charge in [0.2, 0.25) is 5.91 Å². The van der Waals surface area contributed by atoms with Crippen LogP contribution in [0.1, 0.15) is 24.5 Å². The van der Waals surface area contributed by atoms with Crippen molar-refractivity contribution in [1.82, 2.24) is 4.83 Å². The van der Waals surface area contributed by atoms with Crippen LogP contribution >= 0.6 is 0 Å². The molecule has 25 heavy (non-hydrogen) atoms. The molecule has 0 atom stereocenters. The highest BCUT2D eigenvalue weighted by atomic mass is 32.2.